The molecule has 1 fully saturated rings. The summed E-state index contributed by atoms with van der Waals surface area (Å²) < 4.78 is 0. The molecule has 3 amide bonds. The lowest BCUT2D eigenvalue weighted by atomic mass is 10.0. The van der Waals surface area contributed by atoms with E-state index in [-0.39, 0.29) is 18.0 Å². The molecule has 3 N–H and O–H groups in total. The Bertz CT molecular complexity index is 861. The van der Waals surface area contributed by atoms with Crippen LogP contribution in [0.3, 0.4) is 0 Å². The predicted octanol–water partition coefficient (Wildman–Crippen LogP) is 3.43. The molecule has 0 aromatic heterocycles. The van der Waals surface area contributed by atoms with E-state index in [4.69, 9.17) is 4.84 Å². The summed E-state index contributed by atoms with van der Waals surface area (Å²) >= 11 is 0. The van der Waals surface area contributed by atoms with Crippen LogP contribution in [-0.4, -0.2) is 23.7 Å². The standard InChI is InChI=1S/C20H20N4O3/c25-19(17-12-18(27-24-17)13-4-2-1-3-5-13)21-14-6-8-15(9-7-14)22-20(26)23-16-10-11-16/h1-9,16,18H,10-12H2,(H,21,25)(H2,22,23,26). The van der Waals surface area contributed by atoms with Gasteiger partial charge in [-0.15, -0.1) is 0 Å². The van der Waals surface area contributed by atoms with E-state index in [1.165, 1.54) is 0 Å². The summed E-state index contributed by atoms with van der Waals surface area (Å²) in [7, 11) is 0. The highest BCUT2D eigenvalue weighted by Crippen LogP contribution is 2.27. The summed E-state index contributed by atoms with van der Waals surface area (Å²) in [5.74, 6) is -0.291. The van der Waals surface area contributed by atoms with Crippen molar-refractivity contribution in [2.24, 2.45) is 5.16 Å². The van der Waals surface area contributed by atoms with Gasteiger partial charge in [0.1, 0.15) is 5.71 Å². The van der Waals surface area contributed by atoms with Gasteiger partial charge in [-0.05, 0) is 42.7 Å². The zero-order chi connectivity index (χ0) is 18.6. The van der Waals surface area contributed by atoms with Gasteiger partial charge in [0.25, 0.3) is 5.91 Å². The van der Waals surface area contributed by atoms with E-state index in [2.05, 4.69) is 21.1 Å². The summed E-state index contributed by atoms with van der Waals surface area (Å²) in [5, 5.41) is 12.3. The van der Waals surface area contributed by atoms with E-state index in [9.17, 15) is 9.59 Å². The lowest BCUT2D eigenvalue weighted by molar-refractivity contribution is -0.110. The first kappa shape index (κ1) is 17.1. The molecule has 0 radical (unpaired) electrons. The monoisotopic (exact) mass is 364 g/mol. The topological polar surface area (TPSA) is 91.8 Å². The lowest BCUT2D eigenvalue weighted by Gasteiger charge is -2.09. The summed E-state index contributed by atoms with van der Waals surface area (Å²) in [6, 6.07) is 16.7. The van der Waals surface area contributed by atoms with Crippen molar-refractivity contribution in [3.05, 3.63) is 60.2 Å². The molecule has 7 heteroatoms. The van der Waals surface area contributed by atoms with E-state index in [0.29, 0.717) is 29.5 Å². The maximum Gasteiger partial charge on any atom is 0.319 e. The SMILES string of the molecule is O=C(Nc1ccc(NC(=O)C2=NOC(c3ccccc3)C2)cc1)NC1CC1. The van der Waals surface area contributed by atoms with Crippen molar-refractivity contribution < 1.29 is 14.4 Å². The van der Waals surface area contributed by atoms with Gasteiger partial charge in [-0.2, -0.15) is 0 Å². The van der Waals surface area contributed by atoms with Gasteiger partial charge in [0.15, 0.2) is 6.10 Å². The highest BCUT2D eigenvalue weighted by molar-refractivity contribution is 6.43. The molecule has 1 aliphatic heterocycles. The number of carbonyl (C=O) groups excluding carboxylic acids is 2. The molecule has 0 bridgehead atoms. The number of amides is 3. The third-order valence-corrected chi connectivity index (χ3v) is 4.42. The molecule has 4 rings (SSSR count). The first-order valence-electron chi connectivity index (χ1n) is 8.94. The molecule has 2 aromatic carbocycles. The Morgan fingerprint density at radius 3 is 2.26 bits per heavy atom. The molecule has 1 unspecified atom stereocenters. The normalized spacial score (nSPS) is 18.2. The second-order valence-corrected chi connectivity index (χ2v) is 6.65. The zero-order valence-corrected chi connectivity index (χ0v) is 14.6. The Kier molecular flexibility index (Phi) is 4.74. The minimum Gasteiger partial charge on any atom is -0.387 e. The molecule has 0 saturated heterocycles. The fourth-order valence-corrected chi connectivity index (χ4v) is 2.78. The molecular weight excluding hydrogens is 344 g/mol. The summed E-state index contributed by atoms with van der Waals surface area (Å²) in [5.41, 5.74) is 2.63. The van der Waals surface area contributed by atoms with Crippen molar-refractivity contribution in [3.63, 3.8) is 0 Å². The second kappa shape index (κ2) is 7.49. The fourth-order valence-electron chi connectivity index (χ4n) is 2.78. The maximum atomic E-state index is 12.4. The van der Waals surface area contributed by atoms with Crippen LogP contribution in [0.2, 0.25) is 0 Å². The van der Waals surface area contributed by atoms with Gasteiger partial charge >= 0.3 is 6.03 Å². The van der Waals surface area contributed by atoms with Crippen LogP contribution in [0.25, 0.3) is 0 Å². The molecule has 138 valence electrons. The van der Waals surface area contributed by atoms with E-state index in [0.717, 1.165) is 18.4 Å². The predicted molar refractivity (Wildman–Crippen MR) is 103 cm³/mol. The number of anilines is 2. The number of nitrogens with one attached hydrogen (secondary N) is 3. The average molecular weight is 364 g/mol. The van der Waals surface area contributed by atoms with Gasteiger partial charge in [0.2, 0.25) is 0 Å². The van der Waals surface area contributed by atoms with Crippen molar-refractivity contribution in [1.29, 1.82) is 0 Å². The van der Waals surface area contributed by atoms with Gasteiger partial charge in [0.05, 0.1) is 0 Å². The number of rotatable bonds is 5. The van der Waals surface area contributed by atoms with Crippen molar-refractivity contribution >= 4 is 29.0 Å². The molecule has 27 heavy (non-hydrogen) atoms. The average Bonchev–Trinajstić information content (AvgIpc) is 3.34. The first-order valence-corrected chi connectivity index (χ1v) is 8.94. The largest absolute Gasteiger partial charge is 0.387 e. The smallest absolute Gasteiger partial charge is 0.319 e. The zero-order valence-electron chi connectivity index (χ0n) is 14.6. The maximum absolute atomic E-state index is 12.4. The number of hydrogen-bond donors (Lipinski definition) is 3. The highest BCUT2D eigenvalue weighted by Gasteiger charge is 2.27. The summed E-state index contributed by atoms with van der Waals surface area (Å²) in [6.07, 6.45) is 2.27. The molecular formula is C20H20N4O3. The quantitative estimate of drug-likeness (QED) is 0.759. The van der Waals surface area contributed by atoms with Crippen LogP contribution in [0.1, 0.15) is 30.9 Å². The van der Waals surface area contributed by atoms with Gasteiger partial charge in [-0.25, -0.2) is 4.79 Å². The molecule has 7 nitrogen and oxygen atoms in total. The van der Waals surface area contributed by atoms with Crippen LogP contribution < -0.4 is 16.0 Å². The van der Waals surface area contributed by atoms with Crippen molar-refractivity contribution in [1.82, 2.24) is 5.32 Å². The molecule has 2 aliphatic rings. The minimum absolute atomic E-state index is 0.210. The number of benzene rings is 2. The molecule has 1 aliphatic carbocycles. The molecule has 1 saturated carbocycles. The van der Waals surface area contributed by atoms with Gasteiger partial charge in [-0.1, -0.05) is 35.5 Å². The molecule has 1 atom stereocenters. The van der Waals surface area contributed by atoms with Crippen LogP contribution in [0.15, 0.2) is 59.8 Å². The number of carbonyl (C=O) groups is 2. The summed E-state index contributed by atoms with van der Waals surface area (Å²) in [6.45, 7) is 0. The number of urea groups is 1. The Balaban J connectivity index is 1.30. The van der Waals surface area contributed by atoms with Gasteiger partial charge in [0, 0.05) is 23.8 Å². The van der Waals surface area contributed by atoms with E-state index in [1.807, 2.05) is 30.3 Å². The van der Waals surface area contributed by atoms with E-state index in [1.54, 1.807) is 24.3 Å². The second-order valence-electron chi connectivity index (χ2n) is 6.65. The van der Waals surface area contributed by atoms with Crippen LogP contribution in [0.5, 0.6) is 0 Å². The van der Waals surface area contributed by atoms with Gasteiger partial charge < -0.3 is 20.8 Å². The molecule has 1 heterocycles. The number of nitrogens with zero attached hydrogens (tertiary/aromatic N) is 1. The molecule has 2 aromatic rings. The van der Waals surface area contributed by atoms with Crippen LogP contribution in [-0.2, 0) is 9.63 Å². The minimum atomic E-state index is -0.291. The van der Waals surface area contributed by atoms with E-state index >= 15 is 0 Å². The van der Waals surface area contributed by atoms with E-state index < -0.39 is 0 Å². The Morgan fingerprint density at radius 1 is 0.926 bits per heavy atom. The highest BCUT2D eigenvalue weighted by atomic mass is 16.6. The van der Waals surface area contributed by atoms with Crippen LogP contribution >= 0.6 is 0 Å². The first-order chi connectivity index (χ1) is 13.2. The van der Waals surface area contributed by atoms with Crippen molar-refractivity contribution in [3.8, 4) is 0 Å². The Morgan fingerprint density at radius 2 is 1.59 bits per heavy atom. The van der Waals surface area contributed by atoms with Crippen molar-refractivity contribution in [2.75, 3.05) is 10.6 Å². The molecule has 0 spiro atoms. The number of oxime groups is 1. The fraction of sp³-hybridized carbons (Fsp3) is 0.250. The Labute approximate surface area is 156 Å². The number of hydrogen-bond acceptors (Lipinski definition) is 4. The van der Waals surface area contributed by atoms with Crippen LogP contribution in [0, 0.1) is 0 Å². The third-order valence-electron chi connectivity index (χ3n) is 4.42. The Hall–Kier alpha value is -3.35. The van der Waals surface area contributed by atoms with Crippen LogP contribution in [0.4, 0.5) is 16.2 Å². The third kappa shape index (κ3) is 4.44. The summed E-state index contributed by atoms with van der Waals surface area (Å²) in [4.78, 5) is 29.5. The van der Waals surface area contributed by atoms with Gasteiger partial charge in [-0.3, -0.25) is 4.79 Å². The lowest BCUT2D eigenvalue weighted by Crippen LogP contribution is -2.30. The van der Waals surface area contributed by atoms with Crippen molar-refractivity contribution in [2.45, 2.75) is 31.4 Å².